The Balaban J connectivity index is 1.77. The molecule has 0 aliphatic carbocycles. The first-order chi connectivity index (χ1) is 12.1. The van der Waals surface area contributed by atoms with E-state index in [1.54, 1.807) is 31.6 Å². The Morgan fingerprint density at radius 1 is 1.24 bits per heavy atom. The second-order valence-electron chi connectivity index (χ2n) is 5.46. The third-order valence-corrected chi connectivity index (χ3v) is 3.73. The van der Waals surface area contributed by atoms with Crippen LogP contribution in [0.25, 0.3) is 0 Å². The maximum absolute atomic E-state index is 11.9. The van der Waals surface area contributed by atoms with E-state index >= 15 is 0 Å². The van der Waals surface area contributed by atoms with Gasteiger partial charge < -0.3 is 15.5 Å². The van der Waals surface area contributed by atoms with Crippen LogP contribution in [-0.2, 0) is 6.54 Å². The second-order valence-corrected chi connectivity index (χ2v) is 5.89. The van der Waals surface area contributed by atoms with Crippen LogP contribution in [0.4, 0.5) is 0 Å². The van der Waals surface area contributed by atoms with E-state index in [2.05, 4.69) is 20.6 Å². The van der Waals surface area contributed by atoms with Gasteiger partial charge in [-0.05, 0) is 29.8 Å². The summed E-state index contributed by atoms with van der Waals surface area (Å²) in [5.74, 6) is 0.604. The van der Waals surface area contributed by atoms with Crippen LogP contribution in [0.15, 0.2) is 53.8 Å². The molecule has 0 saturated heterocycles. The van der Waals surface area contributed by atoms with Gasteiger partial charge in [-0.15, -0.1) is 0 Å². The standard InChI is InChI=1S/C18H22ClN5O/c1-20-18(24(2)13-14-5-3-7-16(19)11-14)23-10-9-22-17(25)15-6-4-8-21-12-15/h3-8,11-12H,9-10,13H2,1-2H3,(H,20,23)(H,22,25). The highest BCUT2D eigenvalue weighted by Crippen LogP contribution is 2.12. The fourth-order valence-corrected chi connectivity index (χ4v) is 2.53. The molecule has 25 heavy (non-hydrogen) atoms. The number of hydrogen-bond donors (Lipinski definition) is 2. The molecule has 1 aromatic heterocycles. The summed E-state index contributed by atoms with van der Waals surface area (Å²) in [7, 11) is 3.68. The summed E-state index contributed by atoms with van der Waals surface area (Å²) in [5.41, 5.74) is 1.65. The maximum Gasteiger partial charge on any atom is 0.252 e. The molecule has 2 rings (SSSR count). The Hall–Kier alpha value is -2.60. The topological polar surface area (TPSA) is 69.6 Å². The normalized spacial score (nSPS) is 11.1. The number of hydrogen-bond acceptors (Lipinski definition) is 3. The molecule has 0 fully saturated rings. The number of halogens is 1. The van der Waals surface area contributed by atoms with Crippen molar-refractivity contribution in [1.82, 2.24) is 20.5 Å². The number of carbonyl (C=O) groups is 1. The van der Waals surface area contributed by atoms with Crippen molar-refractivity contribution in [2.24, 2.45) is 4.99 Å². The van der Waals surface area contributed by atoms with Crippen molar-refractivity contribution in [1.29, 1.82) is 0 Å². The van der Waals surface area contributed by atoms with Crippen molar-refractivity contribution < 1.29 is 4.79 Å². The predicted molar refractivity (Wildman–Crippen MR) is 101 cm³/mol. The molecule has 1 aromatic carbocycles. The molecule has 6 nitrogen and oxygen atoms in total. The monoisotopic (exact) mass is 359 g/mol. The number of nitrogens with zero attached hydrogens (tertiary/aromatic N) is 3. The highest BCUT2D eigenvalue weighted by atomic mass is 35.5. The second kappa shape index (κ2) is 9.64. The predicted octanol–water partition coefficient (Wildman–Crippen LogP) is 2.17. The molecule has 0 aliphatic rings. The molecular formula is C18H22ClN5O. The maximum atomic E-state index is 11.9. The number of pyridine rings is 1. The summed E-state index contributed by atoms with van der Waals surface area (Å²) in [6, 6.07) is 11.2. The van der Waals surface area contributed by atoms with E-state index in [1.807, 2.05) is 36.2 Å². The van der Waals surface area contributed by atoms with Crippen molar-refractivity contribution in [3.63, 3.8) is 0 Å². The molecule has 2 aromatic rings. The molecule has 0 bridgehead atoms. The molecule has 0 aliphatic heterocycles. The zero-order chi connectivity index (χ0) is 18.1. The van der Waals surface area contributed by atoms with E-state index in [0.29, 0.717) is 30.2 Å². The van der Waals surface area contributed by atoms with Gasteiger partial charge in [0.25, 0.3) is 5.91 Å². The van der Waals surface area contributed by atoms with Crippen LogP contribution in [-0.4, -0.2) is 48.9 Å². The Morgan fingerprint density at radius 2 is 2.04 bits per heavy atom. The molecule has 0 spiro atoms. The van der Waals surface area contributed by atoms with E-state index in [1.165, 1.54) is 0 Å². The van der Waals surface area contributed by atoms with Gasteiger partial charge in [-0.2, -0.15) is 0 Å². The van der Waals surface area contributed by atoms with Gasteiger partial charge in [0.15, 0.2) is 5.96 Å². The van der Waals surface area contributed by atoms with E-state index < -0.39 is 0 Å². The van der Waals surface area contributed by atoms with Crippen LogP contribution in [0.5, 0.6) is 0 Å². The third kappa shape index (κ3) is 6.08. The van der Waals surface area contributed by atoms with Crippen molar-refractivity contribution in [2.75, 3.05) is 27.2 Å². The van der Waals surface area contributed by atoms with Gasteiger partial charge in [0.05, 0.1) is 5.56 Å². The lowest BCUT2D eigenvalue weighted by molar-refractivity contribution is 0.0954. The Labute approximate surface area is 152 Å². The summed E-state index contributed by atoms with van der Waals surface area (Å²) in [5, 5.41) is 6.78. The van der Waals surface area contributed by atoms with Crippen molar-refractivity contribution in [3.05, 3.63) is 64.9 Å². The molecule has 0 saturated carbocycles. The number of rotatable bonds is 6. The Morgan fingerprint density at radius 3 is 2.72 bits per heavy atom. The minimum atomic E-state index is -0.142. The number of amides is 1. The highest BCUT2D eigenvalue weighted by Gasteiger charge is 2.08. The number of aromatic nitrogens is 1. The van der Waals surface area contributed by atoms with Crippen LogP contribution >= 0.6 is 11.6 Å². The molecule has 7 heteroatoms. The molecule has 1 heterocycles. The first-order valence-electron chi connectivity index (χ1n) is 7.94. The highest BCUT2D eigenvalue weighted by molar-refractivity contribution is 6.30. The van der Waals surface area contributed by atoms with Crippen LogP contribution in [0, 0.1) is 0 Å². The summed E-state index contributed by atoms with van der Waals surface area (Å²) in [6.45, 7) is 1.73. The van der Waals surface area contributed by atoms with Gasteiger partial charge in [-0.25, -0.2) is 0 Å². The lowest BCUT2D eigenvalue weighted by Crippen LogP contribution is -2.42. The fourth-order valence-electron chi connectivity index (χ4n) is 2.32. The average Bonchev–Trinajstić information content (AvgIpc) is 2.62. The lowest BCUT2D eigenvalue weighted by atomic mass is 10.2. The molecule has 0 radical (unpaired) electrons. The van der Waals surface area contributed by atoms with Crippen LogP contribution < -0.4 is 10.6 Å². The minimum absolute atomic E-state index is 0.142. The van der Waals surface area contributed by atoms with E-state index in [4.69, 9.17) is 11.6 Å². The van der Waals surface area contributed by atoms with Gasteiger partial charge >= 0.3 is 0 Å². The minimum Gasteiger partial charge on any atom is -0.354 e. The van der Waals surface area contributed by atoms with Gasteiger partial charge in [0, 0.05) is 51.1 Å². The van der Waals surface area contributed by atoms with Gasteiger partial charge in [-0.3, -0.25) is 14.8 Å². The molecule has 0 unspecified atom stereocenters. The molecule has 2 N–H and O–H groups in total. The fraction of sp³-hybridized carbons (Fsp3) is 0.278. The summed E-state index contributed by atoms with van der Waals surface area (Å²) in [6.07, 6.45) is 3.18. The van der Waals surface area contributed by atoms with Crippen molar-refractivity contribution in [3.8, 4) is 0 Å². The van der Waals surface area contributed by atoms with E-state index in [9.17, 15) is 4.79 Å². The van der Waals surface area contributed by atoms with Crippen LogP contribution in [0.2, 0.25) is 5.02 Å². The van der Waals surface area contributed by atoms with E-state index in [0.717, 1.165) is 11.5 Å². The van der Waals surface area contributed by atoms with E-state index in [-0.39, 0.29) is 5.91 Å². The summed E-state index contributed by atoms with van der Waals surface area (Å²) < 4.78 is 0. The summed E-state index contributed by atoms with van der Waals surface area (Å²) >= 11 is 6.02. The molecule has 1 amide bonds. The van der Waals surface area contributed by atoms with Crippen molar-refractivity contribution >= 4 is 23.5 Å². The quantitative estimate of drug-likeness (QED) is 0.471. The smallest absolute Gasteiger partial charge is 0.252 e. The number of benzene rings is 1. The first kappa shape index (κ1) is 18.7. The number of carbonyl (C=O) groups excluding carboxylic acids is 1. The van der Waals surface area contributed by atoms with Crippen molar-refractivity contribution in [2.45, 2.75) is 6.54 Å². The average molecular weight is 360 g/mol. The number of guanidine groups is 1. The zero-order valence-electron chi connectivity index (χ0n) is 14.4. The van der Waals surface area contributed by atoms with Gasteiger partial charge in [0.1, 0.15) is 0 Å². The molecule has 132 valence electrons. The number of aliphatic imine (C=N–C) groups is 1. The van der Waals surface area contributed by atoms with Gasteiger partial charge in [-0.1, -0.05) is 23.7 Å². The third-order valence-electron chi connectivity index (χ3n) is 3.50. The Kier molecular flexibility index (Phi) is 7.22. The zero-order valence-corrected chi connectivity index (χ0v) is 15.1. The Bertz CT molecular complexity index is 720. The lowest BCUT2D eigenvalue weighted by Gasteiger charge is -2.22. The number of nitrogens with one attached hydrogen (secondary N) is 2. The van der Waals surface area contributed by atoms with Gasteiger partial charge in [0.2, 0.25) is 0 Å². The first-order valence-corrected chi connectivity index (χ1v) is 8.32. The largest absolute Gasteiger partial charge is 0.354 e. The SMILES string of the molecule is CN=C(NCCNC(=O)c1cccnc1)N(C)Cc1cccc(Cl)c1. The molecule has 0 atom stereocenters. The molecular weight excluding hydrogens is 338 g/mol. The van der Waals surface area contributed by atoms with Crippen LogP contribution in [0.3, 0.4) is 0 Å². The summed E-state index contributed by atoms with van der Waals surface area (Å²) in [4.78, 5) is 22.1. The van der Waals surface area contributed by atoms with Crippen LogP contribution in [0.1, 0.15) is 15.9 Å².